The van der Waals surface area contributed by atoms with Crippen molar-refractivity contribution in [3.8, 4) is 0 Å². The zero-order valence-electron chi connectivity index (χ0n) is 8.95. The number of hydrogen-bond acceptors (Lipinski definition) is 1. The fourth-order valence-corrected chi connectivity index (χ4v) is 2.96. The zero-order valence-corrected chi connectivity index (χ0v) is 8.95. The minimum absolute atomic E-state index is 0.705. The average Bonchev–Trinajstić information content (AvgIpc) is 2.55. The molecular weight excluding hydrogens is 182 g/mol. The molecule has 2 unspecified atom stereocenters. The summed E-state index contributed by atoms with van der Waals surface area (Å²) in [5.74, 6) is 0.765. The van der Waals surface area contributed by atoms with Gasteiger partial charge in [-0.3, -0.25) is 0 Å². The topological polar surface area (TPSA) is 12.0 Å². The monoisotopic (exact) mass is 199 g/mol. The molecule has 2 aliphatic carbocycles. The molecule has 0 amide bonds. The fourth-order valence-electron chi connectivity index (χ4n) is 2.96. The molecule has 15 heavy (non-hydrogen) atoms. The van der Waals surface area contributed by atoms with Gasteiger partial charge in [-0.25, -0.2) is 0 Å². The summed E-state index contributed by atoms with van der Waals surface area (Å²) in [6.07, 6.45) is 18.5. The number of allylic oxidation sites excluding steroid dienone is 6. The minimum Gasteiger partial charge on any atom is -0.381 e. The lowest BCUT2D eigenvalue weighted by molar-refractivity contribution is 0.343. The number of rotatable bonds is 0. The molecule has 1 heterocycles. The van der Waals surface area contributed by atoms with Crippen LogP contribution >= 0.6 is 0 Å². The molecule has 0 radical (unpaired) electrons. The van der Waals surface area contributed by atoms with Gasteiger partial charge in [-0.1, -0.05) is 43.2 Å². The van der Waals surface area contributed by atoms with Gasteiger partial charge in [0.05, 0.1) is 0 Å². The first-order valence-corrected chi connectivity index (χ1v) is 5.97. The molecule has 3 rings (SSSR count). The van der Waals surface area contributed by atoms with Crippen molar-refractivity contribution in [3.63, 3.8) is 0 Å². The Morgan fingerprint density at radius 3 is 2.67 bits per heavy atom. The second-order valence-electron chi connectivity index (χ2n) is 4.61. The molecule has 1 aliphatic heterocycles. The highest BCUT2D eigenvalue weighted by Gasteiger charge is 2.33. The predicted molar refractivity (Wildman–Crippen MR) is 63.3 cm³/mol. The lowest BCUT2D eigenvalue weighted by Gasteiger charge is -2.26. The highest BCUT2D eigenvalue weighted by atomic mass is 15.0. The van der Waals surface area contributed by atoms with Crippen molar-refractivity contribution in [1.82, 2.24) is 5.32 Å². The highest BCUT2D eigenvalue weighted by molar-refractivity contribution is 5.43. The van der Waals surface area contributed by atoms with Gasteiger partial charge in [-0.05, 0) is 24.5 Å². The number of hydrogen-bond donors (Lipinski definition) is 1. The zero-order chi connectivity index (χ0) is 10.1. The molecule has 1 saturated carbocycles. The summed E-state index contributed by atoms with van der Waals surface area (Å²) in [5.41, 5.74) is 2.88. The second-order valence-corrected chi connectivity index (χ2v) is 4.61. The van der Waals surface area contributed by atoms with Gasteiger partial charge in [0.1, 0.15) is 0 Å². The lowest BCUT2D eigenvalue weighted by Crippen LogP contribution is -2.31. The largest absolute Gasteiger partial charge is 0.381 e. The first kappa shape index (κ1) is 9.02. The summed E-state index contributed by atoms with van der Waals surface area (Å²) in [6.45, 7) is 0. The van der Waals surface area contributed by atoms with Gasteiger partial charge in [0.25, 0.3) is 0 Å². The van der Waals surface area contributed by atoms with Gasteiger partial charge in [0, 0.05) is 17.7 Å². The fraction of sp³-hybridized carbons (Fsp3) is 0.429. The third-order valence-corrected chi connectivity index (χ3v) is 3.69. The Balaban J connectivity index is 1.94. The number of fused-ring (bicyclic) bond motifs is 2. The molecule has 2 atom stereocenters. The molecule has 1 heteroatoms. The Labute approximate surface area is 91.3 Å². The van der Waals surface area contributed by atoms with E-state index in [2.05, 4.69) is 41.8 Å². The van der Waals surface area contributed by atoms with Gasteiger partial charge in [-0.15, -0.1) is 0 Å². The van der Waals surface area contributed by atoms with E-state index in [1.807, 2.05) is 0 Å². The molecule has 1 nitrogen and oxygen atoms in total. The Hall–Kier alpha value is -1.24. The van der Waals surface area contributed by atoms with Gasteiger partial charge in [-0.2, -0.15) is 0 Å². The highest BCUT2D eigenvalue weighted by Crippen LogP contribution is 2.37. The third kappa shape index (κ3) is 1.56. The van der Waals surface area contributed by atoms with E-state index in [1.54, 1.807) is 0 Å². The van der Waals surface area contributed by atoms with Crippen molar-refractivity contribution < 1.29 is 0 Å². The van der Waals surface area contributed by atoms with Gasteiger partial charge in [0.2, 0.25) is 0 Å². The summed E-state index contributed by atoms with van der Waals surface area (Å²) < 4.78 is 0. The van der Waals surface area contributed by atoms with Crippen LogP contribution in [0.4, 0.5) is 0 Å². The quantitative estimate of drug-likeness (QED) is 0.632. The summed E-state index contributed by atoms with van der Waals surface area (Å²) in [6, 6.07) is 0.705. The van der Waals surface area contributed by atoms with Crippen LogP contribution in [0, 0.1) is 5.92 Å². The lowest BCUT2D eigenvalue weighted by atomic mass is 9.82. The predicted octanol–water partition coefficient (Wildman–Crippen LogP) is 3.08. The van der Waals surface area contributed by atoms with E-state index in [9.17, 15) is 0 Å². The molecular formula is C14H17N. The van der Waals surface area contributed by atoms with Crippen LogP contribution in [0.3, 0.4) is 0 Å². The first-order valence-electron chi connectivity index (χ1n) is 5.97. The summed E-state index contributed by atoms with van der Waals surface area (Å²) in [7, 11) is 0. The van der Waals surface area contributed by atoms with Crippen molar-refractivity contribution in [1.29, 1.82) is 0 Å². The van der Waals surface area contributed by atoms with Crippen LogP contribution in [0.15, 0.2) is 47.7 Å². The standard InChI is InChI=1S/C14H17N/c1-2-4-9-13-11(7-3-1)12-8-5-6-10-14(12)15-13/h1-4,7,9,12,14-15H,5-6,8,10H2/b2-1-,3-1?,4-2?,7-3-,9-4-,11-7?,13-9?. The van der Waals surface area contributed by atoms with Crippen LogP contribution in [0.1, 0.15) is 25.7 Å². The van der Waals surface area contributed by atoms with Crippen LogP contribution in [-0.2, 0) is 0 Å². The van der Waals surface area contributed by atoms with E-state index >= 15 is 0 Å². The smallest absolute Gasteiger partial charge is 0.0378 e. The van der Waals surface area contributed by atoms with E-state index < -0.39 is 0 Å². The van der Waals surface area contributed by atoms with E-state index in [4.69, 9.17) is 0 Å². The minimum atomic E-state index is 0.705. The van der Waals surface area contributed by atoms with Crippen molar-refractivity contribution in [2.45, 2.75) is 31.7 Å². The SMILES string of the molecule is C1=C\C=C/C2=C(\C=C/1)NC1CCCCC21. The van der Waals surface area contributed by atoms with Crippen molar-refractivity contribution in [2.75, 3.05) is 0 Å². The van der Waals surface area contributed by atoms with Crippen molar-refractivity contribution in [3.05, 3.63) is 47.7 Å². The Morgan fingerprint density at radius 2 is 1.73 bits per heavy atom. The van der Waals surface area contributed by atoms with E-state index in [-0.39, 0.29) is 0 Å². The molecule has 0 aromatic rings. The van der Waals surface area contributed by atoms with Crippen LogP contribution in [0.5, 0.6) is 0 Å². The Kier molecular flexibility index (Phi) is 2.24. The Bertz CT molecular complexity index is 371. The second kappa shape index (κ2) is 3.73. The first-order chi connectivity index (χ1) is 7.45. The maximum absolute atomic E-state index is 3.67. The molecule has 3 aliphatic rings. The van der Waals surface area contributed by atoms with Gasteiger partial charge >= 0.3 is 0 Å². The van der Waals surface area contributed by atoms with Crippen LogP contribution < -0.4 is 5.32 Å². The normalized spacial score (nSPS) is 39.5. The molecule has 0 aromatic heterocycles. The van der Waals surface area contributed by atoms with Crippen LogP contribution in [-0.4, -0.2) is 6.04 Å². The molecule has 0 saturated heterocycles. The van der Waals surface area contributed by atoms with Crippen molar-refractivity contribution >= 4 is 0 Å². The summed E-state index contributed by atoms with van der Waals surface area (Å²) in [4.78, 5) is 0. The summed E-state index contributed by atoms with van der Waals surface area (Å²) in [5, 5.41) is 3.67. The van der Waals surface area contributed by atoms with Gasteiger partial charge < -0.3 is 5.32 Å². The number of nitrogens with one attached hydrogen (secondary N) is 1. The molecule has 1 N–H and O–H groups in total. The molecule has 1 fully saturated rings. The average molecular weight is 199 g/mol. The molecule has 0 aromatic carbocycles. The van der Waals surface area contributed by atoms with Crippen LogP contribution in [0.2, 0.25) is 0 Å². The van der Waals surface area contributed by atoms with Crippen molar-refractivity contribution in [2.24, 2.45) is 5.92 Å². The van der Waals surface area contributed by atoms with E-state index in [0.717, 1.165) is 5.92 Å². The molecule has 78 valence electrons. The van der Waals surface area contributed by atoms with Crippen LogP contribution in [0.25, 0.3) is 0 Å². The molecule has 0 spiro atoms. The Morgan fingerprint density at radius 1 is 0.933 bits per heavy atom. The summed E-state index contributed by atoms with van der Waals surface area (Å²) >= 11 is 0. The third-order valence-electron chi connectivity index (χ3n) is 3.69. The van der Waals surface area contributed by atoms with E-state index in [0.29, 0.717) is 6.04 Å². The van der Waals surface area contributed by atoms with Gasteiger partial charge in [0.15, 0.2) is 0 Å². The van der Waals surface area contributed by atoms with E-state index in [1.165, 1.54) is 37.0 Å². The molecule has 0 bridgehead atoms. The maximum atomic E-state index is 3.67. The maximum Gasteiger partial charge on any atom is 0.0378 e.